The predicted molar refractivity (Wildman–Crippen MR) is 162 cm³/mol. The Labute approximate surface area is 246 Å². The smallest absolute Gasteiger partial charge is 0.229 e. The van der Waals surface area contributed by atoms with Gasteiger partial charge in [-0.15, -0.1) is 0 Å². The maximum absolute atomic E-state index is 10.4. The van der Waals surface area contributed by atoms with Gasteiger partial charge in [0, 0.05) is 37.3 Å². The highest BCUT2D eigenvalue weighted by Gasteiger charge is 2.10. The SMILES string of the molecule is Nc1nc(NCc2ccc(O)cc2)nc(NCc2ccc(O)c(CNc3nc(N)nc(NCc4ccccc4O)n3)c2)n1. The van der Waals surface area contributed by atoms with Crippen LogP contribution in [-0.2, 0) is 26.2 Å². The molecule has 5 rings (SSSR count). The van der Waals surface area contributed by atoms with Crippen LogP contribution in [0.2, 0.25) is 0 Å². The molecular formula is C28H30N12O3. The number of para-hydroxylation sites is 1. The Morgan fingerprint density at radius 1 is 0.488 bits per heavy atom. The average molecular weight is 583 g/mol. The number of nitrogens with two attached hydrogens (primary N) is 2. The number of nitrogen functional groups attached to an aromatic ring is 2. The molecule has 0 atom stereocenters. The molecule has 0 radical (unpaired) electrons. The minimum Gasteiger partial charge on any atom is -0.508 e. The van der Waals surface area contributed by atoms with Gasteiger partial charge in [-0.1, -0.05) is 36.4 Å². The molecule has 0 spiro atoms. The molecule has 3 aromatic carbocycles. The lowest BCUT2D eigenvalue weighted by atomic mass is 10.1. The van der Waals surface area contributed by atoms with Crippen LogP contribution in [0, 0.1) is 0 Å². The number of anilines is 6. The Balaban J connectivity index is 1.19. The van der Waals surface area contributed by atoms with Crippen molar-refractivity contribution in [3.63, 3.8) is 0 Å². The summed E-state index contributed by atoms with van der Waals surface area (Å²) in [5, 5.41) is 42.1. The quantitative estimate of drug-likeness (QED) is 0.103. The molecule has 0 fully saturated rings. The van der Waals surface area contributed by atoms with E-state index in [2.05, 4.69) is 51.2 Å². The zero-order valence-corrected chi connectivity index (χ0v) is 22.9. The van der Waals surface area contributed by atoms with Gasteiger partial charge >= 0.3 is 0 Å². The van der Waals surface area contributed by atoms with Crippen LogP contribution in [0.15, 0.2) is 66.7 Å². The molecule has 15 heteroatoms. The second kappa shape index (κ2) is 13.0. The van der Waals surface area contributed by atoms with Crippen LogP contribution in [0.25, 0.3) is 0 Å². The molecule has 0 aliphatic heterocycles. The third kappa shape index (κ3) is 7.97. The number of phenols is 3. The van der Waals surface area contributed by atoms with Crippen LogP contribution in [-0.4, -0.2) is 45.2 Å². The van der Waals surface area contributed by atoms with Gasteiger partial charge in [0.25, 0.3) is 0 Å². The number of nitrogens with zero attached hydrogens (tertiary/aromatic N) is 6. The number of nitrogens with one attached hydrogen (secondary N) is 4. The zero-order valence-electron chi connectivity index (χ0n) is 22.9. The first-order valence-corrected chi connectivity index (χ1v) is 13.1. The minimum atomic E-state index is 0.00741. The molecule has 5 aromatic rings. The van der Waals surface area contributed by atoms with Gasteiger partial charge in [-0.3, -0.25) is 0 Å². The van der Waals surface area contributed by atoms with Gasteiger partial charge in [0.2, 0.25) is 35.7 Å². The lowest BCUT2D eigenvalue weighted by Crippen LogP contribution is -2.12. The van der Waals surface area contributed by atoms with Crippen LogP contribution >= 0.6 is 0 Å². The fraction of sp³-hybridized carbons (Fsp3) is 0.143. The summed E-state index contributed by atoms with van der Waals surface area (Å²) in [6.45, 7) is 1.26. The minimum absolute atomic E-state index is 0.00741. The number of aromatic hydroxyl groups is 3. The molecule has 0 saturated heterocycles. The summed E-state index contributed by atoms with van der Waals surface area (Å²) in [5.41, 5.74) is 14.8. The topological polar surface area (TPSA) is 238 Å². The van der Waals surface area contributed by atoms with Gasteiger partial charge < -0.3 is 48.1 Å². The number of aromatic nitrogens is 6. The number of hydrogen-bond donors (Lipinski definition) is 9. The maximum atomic E-state index is 10.4. The van der Waals surface area contributed by atoms with Crippen molar-refractivity contribution in [2.24, 2.45) is 0 Å². The van der Waals surface area contributed by atoms with E-state index in [1.54, 1.807) is 54.6 Å². The first-order valence-electron chi connectivity index (χ1n) is 13.1. The van der Waals surface area contributed by atoms with Crippen molar-refractivity contribution in [2.75, 3.05) is 32.7 Å². The molecule has 0 saturated carbocycles. The Hall–Kier alpha value is -6.12. The van der Waals surface area contributed by atoms with Crippen molar-refractivity contribution < 1.29 is 15.3 Å². The van der Waals surface area contributed by atoms with Gasteiger partial charge in [-0.25, -0.2) is 0 Å². The van der Waals surface area contributed by atoms with Gasteiger partial charge in [0.05, 0.1) is 0 Å². The molecule has 11 N–H and O–H groups in total. The van der Waals surface area contributed by atoms with E-state index in [1.165, 1.54) is 0 Å². The van der Waals surface area contributed by atoms with Gasteiger partial charge in [-0.05, 0) is 41.5 Å². The molecule has 0 amide bonds. The average Bonchev–Trinajstić information content (AvgIpc) is 2.99. The summed E-state index contributed by atoms with van der Waals surface area (Å²) < 4.78 is 0. The van der Waals surface area contributed by atoms with E-state index < -0.39 is 0 Å². The van der Waals surface area contributed by atoms with Gasteiger partial charge in [-0.2, -0.15) is 29.9 Å². The molecule has 2 aromatic heterocycles. The van der Waals surface area contributed by atoms with Crippen molar-refractivity contribution in [3.8, 4) is 17.2 Å². The lowest BCUT2D eigenvalue weighted by Gasteiger charge is -2.12. The van der Waals surface area contributed by atoms with Crippen molar-refractivity contribution in [2.45, 2.75) is 26.2 Å². The van der Waals surface area contributed by atoms with E-state index in [0.29, 0.717) is 30.2 Å². The standard InChI is InChI=1S/C28H30N12O3/c29-23-35-25(31-12-16-5-8-20(41)9-6-16)39-26(36-23)32-13-17-7-10-22(43)19(11-17)15-34-28-38-24(30)37-27(40-28)33-14-18-3-1-2-4-21(18)42/h1-11,41-43H,12-15H2,(H4,29,31,32,35,36,39)(H4,30,33,34,37,38,40). The largest absolute Gasteiger partial charge is 0.508 e. The van der Waals surface area contributed by atoms with Crippen LogP contribution in [0.4, 0.5) is 35.7 Å². The molecule has 0 unspecified atom stereocenters. The number of hydrogen-bond acceptors (Lipinski definition) is 15. The molecule has 220 valence electrons. The Kier molecular flexibility index (Phi) is 8.61. The first kappa shape index (κ1) is 28.4. The van der Waals surface area contributed by atoms with Crippen LogP contribution in [0.5, 0.6) is 17.2 Å². The highest BCUT2D eigenvalue weighted by atomic mass is 16.3. The van der Waals surface area contributed by atoms with Crippen molar-refractivity contribution in [3.05, 3.63) is 89.0 Å². The summed E-state index contributed by atoms with van der Waals surface area (Å²) >= 11 is 0. The summed E-state index contributed by atoms with van der Waals surface area (Å²) in [6, 6.07) is 18.9. The number of benzene rings is 3. The predicted octanol–water partition coefficient (Wildman–Crippen LogP) is 2.79. The Morgan fingerprint density at radius 3 is 1.53 bits per heavy atom. The molecule has 43 heavy (non-hydrogen) atoms. The third-order valence-electron chi connectivity index (χ3n) is 6.15. The fourth-order valence-corrected chi connectivity index (χ4v) is 3.98. The van der Waals surface area contributed by atoms with Crippen molar-refractivity contribution in [1.82, 2.24) is 29.9 Å². The summed E-state index contributed by atoms with van der Waals surface area (Å²) in [4.78, 5) is 25.1. The summed E-state index contributed by atoms with van der Waals surface area (Å²) in [6.07, 6.45) is 0. The lowest BCUT2D eigenvalue weighted by molar-refractivity contribution is 0.468. The highest BCUT2D eigenvalue weighted by Crippen LogP contribution is 2.22. The normalized spacial score (nSPS) is 10.7. The van der Waals surface area contributed by atoms with E-state index in [-0.39, 0.29) is 60.1 Å². The van der Waals surface area contributed by atoms with E-state index in [1.807, 2.05) is 12.1 Å². The molecule has 2 heterocycles. The molecule has 0 aliphatic rings. The number of rotatable bonds is 12. The molecule has 15 nitrogen and oxygen atoms in total. The fourth-order valence-electron chi connectivity index (χ4n) is 3.98. The third-order valence-corrected chi connectivity index (χ3v) is 6.15. The van der Waals surface area contributed by atoms with E-state index >= 15 is 0 Å². The Morgan fingerprint density at radius 2 is 0.953 bits per heavy atom. The molecule has 0 aliphatic carbocycles. The monoisotopic (exact) mass is 582 g/mol. The van der Waals surface area contributed by atoms with Gasteiger partial charge in [0.15, 0.2) is 0 Å². The number of phenolic OH excluding ortho intramolecular Hbond substituents is 3. The highest BCUT2D eigenvalue weighted by molar-refractivity contribution is 5.45. The van der Waals surface area contributed by atoms with Crippen LogP contribution < -0.4 is 32.7 Å². The van der Waals surface area contributed by atoms with E-state index in [4.69, 9.17) is 11.5 Å². The van der Waals surface area contributed by atoms with E-state index in [0.717, 1.165) is 11.1 Å². The van der Waals surface area contributed by atoms with Crippen molar-refractivity contribution >= 4 is 35.7 Å². The van der Waals surface area contributed by atoms with Crippen LogP contribution in [0.3, 0.4) is 0 Å². The second-order valence-corrected chi connectivity index (χ2v) is 9.35. The van der Waals surface area contributed by atoms with Crippen molar-refractivity contribution in [1.29, 1.82) is 0 Å². The zero-order chi connectivity index (χ0) is 30.2. The van der Waals surface area contributed by atoms with E-state index in [9.17, 15) is 15.3 Å². The summed E-state index contributed by atoms with van der Waals surface area (Å²) in [7, 11) is 0. The summed E-state index contributed by atoms with van der Waals surface area (Å²) in [5.74, 6) is 1.50. The second-order valence-electron chi connectivity index (χ2n) is 9.35. The Bertz CT molecular complexity index is 1700. The molecule has 0 bridgehead atoms. The maximum Gasteiger partial charge on any atom is 0.229 e. The van der Waals surface area contributed by atoms with Gasteiger partial charge in [0.1, 0.15) is 17.2 Å². The first-order chi connectivity index (χ1) is 20.8. The molecular weight excluding hydrogens is 552 g/mol. The van der Waals surface area contributed by atoms with Crippen LogP contribution in [0.1, 0.15) is 22.3 Å².